The van der Waals surface area contributed by atoms with Crippen molar-refractivity contribution in [1.82, 2.24) is 14.5 Å². The topological polar surface area (TPSA) is 30.7 Å². The summed E-state index contributed by atoms with van der Waals surface area (Å²) in [5.41, 5.74) is 4.48. The summed E-state index contributed by atoms with van der Waals surface area (Å²) in [6.07, 6.45) is 3.88. The van der Waals surface area contributed by atoms with Crippen LogP contribution in [0.5, 0.6) is 0 Å². The maximum absolute atomic E-state index is 4.93. The molecule has 36 heavy (non-hydrogen) atoms. The van der Waals surface area contributed by atoms with Gasteiger partial charge in [0.1, 0.15) is 0 Å². The molecule has 0 unspecified atom stereocenters. The molecular formula is C32H19N3S. The fourth-order valence-corrected chi connectivity index (χ4v) is 6.78. The Hall–Kier alpha value is -4.54. The monoisotopic (exact) mass is 477 g/mol. The Morgan fingerprint density at radius 2 is 1.08 bits per heavy atom. The molecule has 0 aliphatic rings. The van der Waals surface area contributed by atoms with Crippen LogP contribution < -0.4 is 0 Å². The van der Waals surface area contributed by atoms with Crippen LogP contribution in [0.3, 0.4) is 0 Å². The molecule has 0 atom stereocenters. The van der Waals surface area contributed by atoms with Crippen molar-refractivity contribution in [3.63, 3.8) is 0 Å². The van der Waals surface area contributed by atoms with Crippen LogP contribution in [0.2, 0.25) is 0 Å². The van der Waals surface area contributed by atoms with Crippen LogP contribution >= 0.6 is 11.3 Å². The van der Waals surface area contributed by atoms with Gasteiger partial charge >= 0.3 is 0 Å². The summed E-state index contributed by atoms with van der Waals surface area (Å²) < 4.78 is 4.84. The van der Waals surface area contributed by atoms with Gasteiger partial charge in [-0.25, -0.2) is 9.97 Å². The summed E-state index contributed by atoms with van der Waals surface area (Å²) in [5.74, 6) is 0.693. The van der Waals surface area contributed by atoms with E-state index in [1.807, 2.05) is 41.9 Å². The Morgan fingerprint density at radius 3 is 1.83 bits per heavy atom. The van der Waals surface area contributed by atoms with E-state index in [4.69, 9.17) is 9.97 Å². The number of fused-ring (bicyclic) bond motifs is 10. The predicted molar refractivity (Wildman–Crippen MR) is 152 cm³/mol. The lowest BCUT2D eigenvalue weighted by Crippen LogP contribution is -2.01. The highest BCUT2D eigenvalue weighted by atomic mass is 32.1. The van der Waals surface area contributed by atoms with Crippen LogP contribution in [-0.4, -0.2) is 14.5 Å². The molecule has 3 aromatic heterocycles. The minimum atomic E-state index is 0.693. The zero-order valence-electron chi connectivity index (χ0n) is 19.2. The quantitative estimate of drug-likeness (QED) is 0.233. The van der Waals surface area contributed by atoms with Gasteiger partial charge < -0.3 is 0 Å². The average Bonchev–Trinajstić information content (AvgIpc) is 3.49. The molecule has 0 aliphatic heterocycles. The van der Waals surface area contributed by atoms with E-state index in [9.17, 15) is 0 Å². The standard InChI is InChI=1S/C32H19N3S/c1-2-10-20(11-3-1)21-18-33-32(34-19-21)35-29-25-15-7-5-13-23(25)22-12-4-6-14-24(22)28(29)31-30(35)26-16-8-9-17-27(26)36-31/h1-19H. The van der Waals surface area contributed by atoms with Gasteiger partial charge in [-0.15, -0.1) is 11.3 Å². The lowest BCUT2D eigenvalue weighted by atomic mass is 9.98. The van der Waals surface area contributed by atoms with Crippen molar-refractivity contribution in [2.24, 2.45) is 0 Å². The van der Waals surface area contributed by atoms with E-state index in [1.54, 1.807) is 0 Å². The maximum Gasteiger partial charge on any atom is 0.234 e. The summed E-state index contributed by atoms with van der Waals surface area (Å²) >= 11 is 1.85. The molecular weight excluding hydrogens is 458 g/mol. The molecule has 3 nitrogen and oxygen atoms in total. The maximum atomic E-state index is 4.93. The highest BCUT2D eigenvalue weighted by Gasteiger charge is 2.23. The fraction of sp³-hybridized carbons (Fsp3) is 0. The van der Waals surface area contributed by atoms with Crippen molar-refractivity contribution in [2.45, 2.75) is 0 Å². The largest absolute Gasteiger partial charge is 0.276 e. The van der Waals surface area contributed by atoms with Crippen LogP contribution in [0.25, 0.3) is 69.8 Å². The third-order valence-electron chi connectivity index (χ3n) is 7.09. The molecule has 0 saturated carbocycles. The van der Waals surface area contributed by atoms with Gasteiger partial charge in [0.15, 0.2) is 0 Å². The second kappa shape index (κ2) is 7.48. The zero-order valence-corrected chi connectivity index (χ0v) is 20.0. The second-order valence-electron chi connectivity index (χ2n) is 9.06. The average molecular weight is 478 g/mol. The zero-order chi connectivity index (χ0) is 23.6. The molecule has 4 heteroatoms. The van der Waals surface area contributed by atoms with Crippen molar-refractivity contribution >= 4 is 64.1 Å². The van der Waals surface area contributed by atoms with Crippen LogP contribution in [0.1, 0.15) is 0 Å². The molecule has 0 bridgehead atoms. The Balaban J connectivity index is 1.57. The first-order chi connectivity index (χ1) is 17.9. The van der Waals surface area contributed by atoms with Gasteiger partial charge in [0.05, 0.1) is 15.7 Å². The van der Waals surface area contributed by atoms with Gasteiger partial charge in [0.25, 0.3) is 0 Å². The fourth-order valence-electron chi connectivity index (χ4n) is 5.54. The predicted octanol–water partition coefficient (Wildman–Crippen LogP) is 8.76. The second-order valence-corrected chi connectivity index (χ2v) is 10.1. The minimum Gasteiger partial charge on any atom is -0.276 e. The van der Waals surface area contributed by atoms with Crippen LogP contribution in [0.15, 0.2) is 116 Å². The Morgan fingerprint density at radius 1 is 0.500 bits per heavy atom. The number of hydrogen-bond donors (Lipinski definition) is 0. The van der Waals surface area contributed by atoms with Crippen molar-refractivity contribution in [2.75, 3.05) is 0 Å². The van der Waals surface area contributed by atoms with Gasteiger partial charge in [-0.3, -0.25) is 4.57 Å². The van der Waals surface area contributed by atoms with Crippen molar-refractivity contribution in [1.29, 1.82) is 0 Å². The Labute approximate surface area is 210 Å². The highest BCUT2D eigenvalue weighted by Crippen LogP contribution is 2.47. The normalized spacial score (nSPS) is 11.9. The van der Waals surface area contributed by atoms with E-state index < -0.39 is 0 Å². The van der Waals surface area contributed by atoms with Gasteiger partial charge in [-0.2, -0.15) is 0 Å². The number of rotatable bonds is 2. The summed E-state index contributed by atoms with van der Waals surface area (Å²) in [5, 5.41) is 7.51. The van der Waals surface area contributed by atoms with E-state index in [0.717, 1.165) is 11.1 Å². The van der Waals surface area contributed by atoms with E-state index in [2.05, 4.69) is 89.5 Å². The van der Waals surface area contributed by atoms with Crippen LogP contribution in [-0.2, 0) is 0 Å². The minimum absolute atomic E-state index is 0.693. The number of hydrogen-bond acceptors (Lipinski definition) is 3. The lowest BCUT2D eigenvalue weighted by molar-refractivity contribution is 0.995. The molecule has 0 N–H and O–H groups in total. The first kappa shape index (κ1) is 19.7. The summed E-state index contributed by atoms with van der Waals surface area (Å²) in [4.78, 5) is 9.86. The van der Waals surface area contributed by atoms with E-state index in [0.29, 0.717) is 5.95 Å². The molecule has 168 valence electrons. The van der Waals surface area contributed by atoms with Crippen molar-refractivity contribution < 1.29 is 0 Å². The molecule has 3 heterocycles. The van der Waals surface area contributed by atoms with Gasteiger partial charge in [0, 0.05) is 38.8 Å². The van der Waals surface area contributed by atoms with E-state index in [1.165, 1.54) is 52.8 Å². The van der Waals surface area contributed by atoms with Crippen molar-refractivity contribution in [3.05, 3.63) is 116 Å². The van der Waals surface area contributed by atoms with Crippen LogP contribution in [0, 0.1) is 0 Å². The first-order valence-corrected chi connectivity index (χ1v) is 12.8. The SMILES string of the molecule is c1ccc(-c2cnc(-n3c4c5ccccc5sc4c4c5ccccc5c5ccccc5c43)nc2)cc1. The third-order valence-corrected chi connectivity index (χ3v) is 8.27. The molecule has 0 spiro atoms. The highest BCUT2D eigenvalue weighted by molar-refractivity contribution is 7.26. The number of benzene rings is 5. The van der Waals surface area contributed by atoms with Gasteiger partial charge in [-0.05, 0) is 27.8 Å². The molecule has 8 rings (SSSR count). The van der Waals surface area contributed by atoms with E-state index in [-0.39, 0.29) is 0 Å². The lowest BCUT2D eigenvalue weighted by Gasteiger charge is -2.11. The Bertz CT molecular complexity index is 2080. The number of thiophene rings is 1. The Kier molecular flexibility index (Phi) is 4.10. The summed E-state index contributed by atoms with van der Waals surface area (Å²) in [7, 11) is 0. The van der Waals surface area contributed by atoms with Crippen LogP contribution in [0.4, 0.5) is 0 Å². The van der Waals surface area contributed by atoms with E-state index >= 15 is 0 Å². The molecule has 0 radical (unpaired) electrons. The molecule has 5 aromatic carbocycles. The molecule has 8 aromatic rings. The van der Waals surface area contributed by atoms with Gasteiger partial charge in [0.2, 0.25) is 5.95 Å². The third kappa shape index (κ3) is 2.67. The van der Waals surface area contributed by atoms with Crippen molar-refractivity contribution in [3.8, 4) is 17.1 Å². The number of nitrogens with zero attached hydrogens (tertiary/aromatic N) is 3. The molecule has 0 fully saturated rings. The molecule has 0 saturated heterocycles. The number of aromatic nitrogens is 3. The summed E-state index contributed by atoms with van der Waals surface area (Å²) in [6, 6.07) is 36.4. The summed E-state index contributed by atoms with van der Waals surface area (Å²) in [6.45, 7) is 0. The molecule has 0 amide bonds. The molecule has 0 aliphatic carbocycles. The van der Waals surface area contributed by atoms with Gasteiger partial charge in [-0.1, -0.05) is 97.1 Å². The smallest absolute Gasteiger partial charge is 0.234 e. The first-order valence-electron chi connectivity index (χ1n) is 12.0.